The number of benzene rings is 2. The van der Waals surface area contributed by atoms with Gasteiger partial charge in [0.2, 0.25) is 11.6 Å². The fourth-order valence-corrected chi connectivity index (χ4v) is 4.89. The Morgan fingerprint density at radius 2 is 1.68 bits per heavy atom. The van der Waals surface area contributed by atoms with Gasteiger partial charge in [-0.05, 0) is 26.0 Å². The van der Waals surface area contributed by atoms with Gasteiger partial charge in [0.05, 0.1) is 16.6 Å². The summed E-state index contributed by atoms with van der Waals surface area (Å²) in [6.07, 6.45) is 1.80. The summed E-state index contributed by atoms with van der Waals surface area (Å²) in [6.45, 7) is 3.89. The van der Waals surface area contributed by atoms with Gasteiger partial charge in [-0.1, -0.05) is 73.5 Å². The quantitative estimate of drug-likeness (QED) is 0.336. The molecule has 8 heteroatoms. The van der Waals surface area contributed by atoms with Gasteiger partial charge in [-0.3, -0.25) is 9.59 Å². The zero-order valence-electron chi connectivity index (χ0n) is 16.7. The lowest BCUT2D eigenvalue weighted by atomic mass is 9.79. The van der Waals surface area contributed by atoms with Gasteiger partial charge in [-0.25, -0.2) is 4.68 Å². The van der Waals surface area contributed by atoms with E-state index >= 15 is 0 Å². The number of hydrogen-bond donors (Lipinski definition) is 0. The number of fused-ring (bicyclic) bond motifs is 2. The number of allylic oxidation sites excluding steroid dienone is 1. The van der Waals surface area contributed by atoms with Crippen LogP contribution in [0.1, 0.15) is 35.8 Å². The summed E-state index contributed by atoms with van der Waals surface area (Å²) >= 11 is 7.15. The van der Waals surface area contributed by atoms with Crippen LogP contribution in [0.2, 0.25) is 0 Å². The summed E-state index contributed by atoms with van der Waals surface area (Å²) in [5, 5.41) is 8.65. The molecule has 2 aliphatic rings. The molecule has 2 aromatic carbocycles. The van der Waals surface area contributed by atoms with Gasteiger partial charge in [-0.15, -0.1) is 5.10 Å². The third-order valence-corrected chi connectivity index (χ3v) is 7.78. The van der Waals surface area contributed by atoms with E-state index in [9.17, 15) is 9.59 Å². The molecule has 0 spiro atoms. The summed E-state index contributed by atoms with van der Waals surface area (Å²) < 4.78 is 8.90. The molecule has 1 aliphatic carbocycles. The third kappa shape index (κ3) is 3.20. The molecule has 2 atom stereocenters. The zero-order valence-corrected chi connectivity index (χ0v) is 19.8. The van der Waals surface area contributed by atoms with Gasteiger partial charge in [0, 0.05) is 21.2 Å². The summed E-state index contributed by atoms with van der Waals surface area (Å²) in [4.78, 5) is 25.8. The summed E-state index contributed by atoms with van der Waals surface area (Å²) in [5.74, 6) is -0.665. The van der Waals surface area contributed by atoms with Crippen molar-refractivity contribution in [2.45, 2.75) is 30.3 Å². The van der Waals surface area contributed by atoms with Gasteiger partial charge in [-0.2, -0.15) is 0 Å². The van der Waals surface area contributed by atoms with Gasteiger partial charge in [0.15, 0.2) is 0 Å². The molecule has 0 unspecified atom stereocenters. The molecule has 0 amide bonds. The maximum Gasteiger partial charge on any atom is 0.235 e. The van der Waals surface area contributed by atoms with E-state index in [2.05, 4.69) is 42.2 Å². The van der Waals surface area contributed by atoms with Crippen molar-refractivity contribution in [3.05, 3.63) is 75.9 Å². The second-order valence-electron chi connectivity index (χ2n) is 8.09. The number of carbonyl (C=O) groups is 2. The lowest BCUT2D eigenvalue weighted by Gasteiger charge is -2.44. The van der Waals surface area contributed by atoms with E-state index in [0.29, 0.717) is 28.2 Å². The predicted molar refractivity (Wildman–Crippen MR) is 123 cm³/mol. The van der Waals surface area contributed by atoms with E-state index in [4.69, 9.17) is 4.74 Å². The first-order valence-electron chi connectivity index (χ1n) is 9.71. The van der Waals surface area contributed by atoms with Crippen LogP contribution in [-0.4, -0.2) is 37.0 Å². The smallest absolute Gasteiger partial charge is 0.235 e. The Bertz CT molecular complexity index is 1260. The standard InChI is InChI=1S/C23H17Br2N3O3/c1-23(2)22(25)18(28-11-16(26-27-28)12-7-9-13(24)10-8-12)17-20(30)19(29)14-5-3-4-6-15(14)21(17)31-23/h3-11,18,22H,1-2H3/t18-,22+/m0/s1. The van der Waals surface area contributed by atoms with Crippen LogP contribution < -0.4 is 0 Å². The van der Waals surface area contributed by atoms with E-state index < -0.39 is 23.2 Å². The highest BCUT2D eigenvalue weighted by Crippen LogP contribution is 2.48. The average molecular weight is 543 g/mol. The van der Waals surface area contributed by atoms with Crippen LogP contribution >= 0.6 is 31.9 Å². The minimum atomic E-state index is -0.666. The molecule has 1 aromatic heterocycles. The fraction of sp³-hybridized carbons (Fsp3) is 0.217. The summed E-state index contributed by atoms with van der Waals surface area (Å²) in [6, 6.07) is 14.2. The molecular weight excluding hydrogens is 526 g/mol. The van der Waals surface area contributed by atoms with Crippen LogP contribution in [0, 0.1) is 0 Å². The number of Topliss-reactive ketones (excluding diaryl/α,β-unsaturated/α-hetero) is 2. The second kappa shape index (κ2) is 7.24. The minimum Gasteiger partial charge on any atom is -0.485 e. The Morgan fingerprint density at radius 3 is 2.39 bits per heavy atom. The monoisotopic (exact) mass is 541 g/mol. The van der Waals surface area contributed by atoms with Crippen LogP contribution in [0.25, 0.3) is 17.0 Å². The first kappa shape index (κ1) is 20.3. The normalized spacial score (nSPS) is 22.1. The lowest BCUT2D eigenvalue weighted by molar-refractivity contribution is -0.113. The number of alkyl halides is 1. The van der Waals surface area contributed by atoms with Gasteiger partial charge in [0.1, 0.15) is 23.1 Å². The first-order valence-corrected chi connectivity index (χ1v) is 11.4. The molecule has 0 bridgehead atoms. The highest BCUT2D eigenvalue weighted by molar-refractivity contribution is 9.10. The van der Waals surface area contributed by atoms with Gasteiger partial charge < -0.3 is 4.74 Å². The number of carbonyl (C=O) groups excluding carboxylic acids is 2. The average Bonchev–Trinajstić information content (AvgIpc) is 3.23. The molecule has 31 heavy (non-hydrogen) atoms. The van der Waals surface area contributed by atoms with Crippen molar-refractivity contribution in [3.8, 4) is 11.3 Å². The molecule has 0 saturated heterocycles. The lowest BCUT2D eigenvalue weighted by Crippen LogP contribution is -2.48. The molecule has 6 nitrogen and oxygen atoms in total. The Labute approximate surface area is 195 Å². The van der Waals surface area contributed by atoms with Crippen LogP contribution in [0.3, 0.4) is 0 Å². The van der Waals surface area contributed by atoms with Crippen molar-refractivity contribution in [1.82, 2.24) is 15.0 Å². The van der Waals surface area contributed by atoms with Crippen LogP contribution in [-0.2, 0) is 9.53 Å². The van der Waals surface area contributed by atoms with Gasteiger partial charge >= 0.3 is 0 Å². The Balaban J connectivity index is 1.68. The molecule has 0 fully saturated rings. The molecule has 1 aliphatic heterocycles. The number of halogens is 2. The molecule has 2 heterocycles. The minimum absolute atomic E-state index is 0.303. The van der Waals surface area contributed by atoms with Crippen molar-refractivity contribution < 1.29 is 14.3 Å². The molecular formula is C23H17Br2N3O3. The Kier molecular flexibility index (Phi) is 4.75. The third-order valence-electron chi connectivity index (χ3n) is 5.65. The number of nitrogens with zero attached hydrogens (tertiary/aromatic N) is 3. The first-order chi connectivity index (χ1) is 14.8. The van der Waals surface area contributed by atoms with Crippen molar-refractivity contribution in [2.75, 3.05) is 0 Å². The Morgan fingerprint density at radius 1 is 1.00 bits per heavy atom. The summed E-state index contributed by atoms with van der Waals surface area (Å²) in [5.41, 5.74) is 2.21. The maximum atomic E-state index is 13.2. The number of ketones is 2. The van der Waals surface area contributed by atoms with E-state index in [1.54, 1.807) is 23.0 Å². The second-order valence-corrected chi connectivity index (χ2v) is 9.99. The molecule has 0 saturated carbocycles. The predicted octanol–water partition coefficient (Wildman–Crippen LogP) is 5.00. The van der Waals surface area contributed by atoms with Crippen LogP contribution in [0.5, 0.6) is 0 Å². The Hall–Kier alpha value is -2.58. The van der Waals surface area contributed by atoms with Gasteiger partial charge in [0.25, 0.3) is 0 Å². The molecule has 156 valence electrons. The SMILES string of the molecule is CC1(C)OC2=C(C(=O)C(=O)c3ccccc32)[C@H](n2cc(-c3ccc(Br)cc3)nn2)[C@H]1Br. The number of ether oxygens (including phenoxy) is 1. The van der Waals surface area contributed by atoms with Crippen LogP contribution in [0.4, 0.5) is 0 Å². The van der Waals surface area contributed by atoms with Crippen molar-refractivity contribution >= 4 is 49.2 Å². The van der Waals surface area contributed by atoms with Crippen LogP contribution in [0.15, 0.2) is 64.8 Å². The summed E-state index contributed by atoms with van der Waals surface area (Å²) in [7, 11) is 0. The van der Waals surface area contributed by atoms with E-state index in [1.807, 2.05) is 50.2 Å². The number of aromatic nitrogens is 3. The van der Waals surface area contributed by atoms with Crippen molar-refractivity contribution in [2.24, 2.45) is 0 Å². The molecule has 5 rings (SSSR count). The topological polar surface area (TPSA) is 74.1 Å². The van der Waals surface area contributed by atoms with E-state index in [1.165, 1.54) is 0 Å². The maximum absolute atomic E-state index is 13.2. The molecule has 0 N–H and O–H groups in total. The molecule has 0 radical (unpaired) electrons. The fourth-order valence-electron chi connectivity index (χ4n) is 4.03. The highest BCUT2D eigenvalue weighted by Gasteiger charge is 2.51. The zero-order chi connectivity index (χ0) is 21.9. The highest BCUT2D eigenvalue weighted by atomic mass is 79.9. The molecule has 3 aromatic rings. The number of hydrogen-bond acceptors (Lipinski definition) is 5. The van der Waals surface area contributed by atoms with Crippen molar-refractivity contribution in [1.29, 1.82) is 0 Å². The largest absolute Gasteiger partial charge is 0.485 e. The van der Waals surface area contributed by atoms with Crippen molar-refractivity contribution in [3.63, 3.8) is 0 Å². The van der Waals surface area contributed by atoms with E-state index in [0.717, 1.165) is 10.0 Å². The van der Waals surface area contributed by atoms with E-state index in [-0.39, 0.29) is 4.83 Å². The number of rotatable bonds is 2.